The van der Waals surface area contributed by atoms with Crippen molar-refractivity contribution in [1.29, 1.82) is 0 Å². The van der Waals surface area contributed by atoms with Crippen LogP contribution in [0.5, 0.6) is 0 Å². The molecule has 1 aromatic rings. The highest BCUT2D eigenvalue weighted by Crippen LogP contribution is 2.29. The van der Waals surface area contributed by atoms with E-state index in [0.717, 1.165) is 0 Å². The maximum absolute atomic E-state index is 12.5. The Balaban J connectivity index is 2.23. The van der Waals surface area contributed by atoms with Gasteiger partial charge in [0, 0.05) is 19.8 Å². The number of aliphatic hydroxyl groups is 1. The predicted octanol–water partition coefficient (Wildman–Crippen LogP) is 0.107. The maximum Gasteiger partial charge on any atom is 0.245 e. The Morgan fingerprint density at radius 1 is 1.60 bits per heavy atom. The monoisotopic (exact) mass is 315 g/mol. The molecule has 0 saturated heterocycles. The lowest BCUT2D eigenvalue weighted by atomic mass is 9.82. The van der Waals surface area contributed by atoms with Gasteiger partial charge in [-0.2, -0.15) is 0 Å². The SMILES string of the molecule is CN(CC1CC(O)C1)S(=O)(=O)c1cccnc1C(N)=S. The third-order valence-electron chi connectivity index (χ3n) is 3.42. The van der Waals surface area contributed by atoms with Crippen LogP contribution in [0.15, 0.2) is 23.2 Å². The standard InChI is InChI=1S/C12H17N3O3S2/c1-15(7-8-5-9(16)6-8)20(17,18)10-3-2-4-14-11(10)12(13)19/h2-4,8-9,16H,5-7H2,1H3,(H2,13,19). The second kappa shape index (κ2) is 5.72. The predicted molar refractivity (Wildman–Crippen MR) is 78.7 cm³/mol. The first-order chi connectivity index (χ1) is 9.32. The summed E-state index contributed by atoms with van der Waals surface area (Å²) in [5.41, 5.74) is 5.63. The number of pyridine rings is 1. The number of aromatic nitrogens is 1. The molecule has 0 aromatic carbocycles. The Morgan fingerprint density at radius 3 is 2.80 bits per heavy atom. The molecule has 6 nitrogen and oxygen atoms in total. The summed E-state index contributed by atoms with van der Waals surface area (Å²) < 4.78 is 26.3. The van der Waals surface area contributed by atoms with Gasteiger partial charge in [0.25, 0.3) is 0 Å². The van der Waals surface area contributed by atoms with E-state index in [1.807, 2.05) is 0 Å². The molecule has 1 heterocycles. The Labute approximate surface area is 123 Å². The zero-order valence-corrected chi connectivity index (χ0v) is 12.7. The number of aliphatic hydroxyl groups excluding tert-OH is 1. The fraction of sp³-hybridized carbons (Fsp3) is 0.500. The number of nitrogens with zero attached hydrogens (tertiary/aromatic N) is 2. The summed E-state index contributed by atoms with van der Waals surface area (Å²) in [4.78, 5) is 3.92. The smallest absolute Gasteiger partial charge is 0.245 e. The second-order valence-corrected chi connectivity index (χ2v) is 7.44. The number of thiocarbonyl (C=S) groups is 1. The minimum Gasteiger partial charge on any atom is -0.393 e. The molecule has 110 valence electrons. The van der Waals surface area contributed by atoms with Gasteiger partial charge in [-0.15, -0.1) is 0 Å². The Hall–Kier alpha value is -1.09. The summed E-state index contributed by atoms with van der Waals surface area (Å²) in [6, 6.07) is 2.98. The van der Waals surface area contributed by atoms with Gasteiger partial charge in [-0.25, -0.2) is 12.7 Å². The third kappa shape index (κ3) is 2.98. The maximum atomic E-state index is 12.5. The fourth-order valence-corrected chi connectivity index (χ4v) is 3.89. The van der Waals surface area contributed by atoms with Crippen molar-refractivity contribution in [3.8, 4) is 0 Å². The van der Waals surface area contributed by atoms with E-state index in [4.69, 9.17) is 18.0 Å². The van der Waals surface area contributed by atoms with Crippen molar-refractivity contribution in [2.24, 2.45) is 11.7 Å². The van der Waals surface area contributed by atoms with E-state index in [9.17, 15) is 13.5 Å². The molecule has 0 spiro atoms. The van der Waals surface area contributed by atoms with Crippen LogP contribution in [0, 0.1) is 5.92 Å². The molecular formula is C12H17N3O3S2. The van der Waals surface area contributed by atoms with Crippen molar-refractivity contribution in [2.75, 3.05) is 13.6 Å². The first-order valence-corrected chi connectivity index (χ1v) is 8.06. The molecule has 0 amide bonds. The molecule has 20 heavy (non-hydrogen) atoms. The summed E-state index contributed by atoms with van der Waals surface area (Å²) in [6.07, 6.45) is 2.42. The van der Waals surface area contributed by atoms with Crippen molar-refractivity contribution >= 4 is 27.2 Å². The second-order valence-electron chi connectivity index (χ2n) is 4.99. The van der Waals surface area contributed by atoms with E-state index >= 15 is 0 Å². The van der Waals surface area contributed by atoms with Crippen LogP contribution in [0.25, 0.3) is 0 Å². The molecule has 0 atom stereocenters. The number of hydrogen-bond donors (Lipinski definition) is 2. The molecule has 1 fully saturated rings. The summed E-state index contributed by atoms with van der Waals surface area (Å²) >= 11 is 4.84. The molecule has 1 aromatic heterocycles. The molecule has 1 aliphatic carbocycles. The molecule has 1 aliphatic rings. The van der Waals surface area contributed by atoms with Crippen molar-refractivity contribution in [3.05, 3.63) is 24.0 Å². The molecule has 0 unspecified atom stereocenters. The summed E-state index contributed by atoms with van der Waals surface area (Å²) in [5, 5.41) is 9.26. The van der Waals surface area contributed by atoms with Crippen molar-refractivity contribution < 1.29 is 13.5 Å². The molecule has 0 bridgehead atoms. The lowest BCUT2D eigenvalue weighted by Crippen LogP contribution is -2.40. The van der Waals surface area contributed by atoms with E-state index in [0.29, 0.717) is 19.4 Å². The topological polar surface area (TPSA) is 96.5 Å². The van der Waals surface area contributed by atoms with Crippen LogP contribution < -0.4 is 5.73 Å². The molecule has 0 radical (unpaired) electrons. The van der Waals surface area contributed by atoms with Gasteiger partial charge in [-0.1, -0.05) is 12.2 Å². The highest BCUT2D eigenvalue weighted by atomic mass is 32.2. The Kier molecular flexibility index (Phi) is 4.38. The molecule has 0 aliphatic heterocycles. The minimum absolute atomic E-state index is 0.0230. The summed E-state index contributed by atoms with van der Waals surface area (Å²) in [6.45, 7) is 0.366. The Bertz CT molecular complexity index is 612. The van der Waals surface area contributed by atoms with Gasteiger partial charge in [0.1, 0.15) is 15.6 Å². The van der Waals surface area contributed by atoms with Crippen LogP contribution in [-0.4, -0.2) is 47.5 Å². The number of nitrogens with two attached hydrogens (primary N) is 1. The van der Waals surface area contributed by atoms with Crippen LogP contribution in [0.1, 0.15) is 18.5 Å². The fourth-order valence-electron chi connectivity index (χ4n) is 2.26. The van der Waals surface area contributed by atoms with E-state index in [1.54, 1.807) is 0 Å². The van der Waals surface area contributed by atoms with Crippen LogP contribution in [0.3, 0.4) is 0 Å². The first kappa shape index (κ1) is 15.3. The molecule has 2 rings (SSSR count). The van der Waals surface area contributed by atoms with Gasteiger partial charge in [0.2, 0.25) is 10.0 Å². The van der Waals surface area contributed by atoms with Gasteiger partial charge in [-0.3, -0.25) is 4.98 Å². The zero-order chi connectivity index (χ0) is 14.9. The normalized spacial score (nSPS) is 22.6. The van der Waals surface area contributed by atoms with Gasteiger partial charge in [-0.05, 0) is 30.9 Å². The minimum atomic E-state index is -3.68. The largest absolute Gasteiger partial charge is 0.393 e. The van der Waals surface area contributed by atoms with Gasteiger partial charge < -0.3 is 10.8 Å². The summed E-state index contributed by atoms with van der Waals surface area (Å²) in [5.74, 6) is 0.190. The molecular weight excluding hydrogens is 298 g/mol. The third-order valence-corrected chi connectivity index (χ3v) is 5.47. The summed E-state index contributed by atoms with van der Waals surface area (Å²) in [7, 11) is -2.17. The van der Waals surface area contributed by atoms with Crippen molar-refractivity contribution in [3.63, 3.8) is 0 Å². The molecule has 1 saturated carbocycles. The highest BCUT2D eigenvalue weighted by molar-refractivity contribution is 7.89. The highest BCUT2D eigenvalue weighted by Gasteiger charge is 2.32. The van der Waals surface area contributed by atoms with Gasteiger partial charge in [0.05, 0.1) is 6.10 Å². The first-order valence-electron chi connectivity index (χ1n) is 6.21. The van der Waals surface area contributed by atoms with E-state index < -0.39 is 10.0 Å². The van der Waals surface area contributed by atoms with Crippen LogP contribution in [0.2, 0.25) is 0 Å². The van der Waals surface area contributed by atoms with Crippen molar-refractivity contribution in [1.82, 2.24) is 9.29 Å². The van der Waals surface area contributed by atoms with Crippen molar-refractivity contribution in [2.45, 2.75) is 23.8 Å². The average molecular weight is 315 g/mol. The quantitative estimate of drug-likeness (QED) is 0.749. The van der Waals surface area contributed by atoms with E-state index in [1.165, 1.54) is 29.7 Å². The molecule has 3 N–H and O–H groups in total. The Morgan fingerprint density at radius 2 is 2.25 bits per heavy atom. The number of sulfonamides is 1. The zero-order valence-electron chi connectivity index (χ0n) is 11.1. The number of hydrogen-bond acceptors (Lipinski definition) is 5. The van der Waals surface area contributed by atoms with E-state index in [2.05, 4.69) is 4.98 Å². The number of rotatable bonds is 5. The van der Waals surface area contributed by atoms with Gasteiger partial charge in [0.15, 0.2) is 0 Å². The molecule has 8 heteroatoms. The lowest BCUT2D eigenvalue weighted by Gasteiger charge is -2.34. The lowest BCUT2D eigenvalue weighted by molar-refractivity contribution is 0.0367. The van der Waals surface area contributed by atoms with Crippen LogP contribution in [0.4, 0.5) is 0 Å². The van der Waals surface area contributed by atoms with Crippen LogP contribution in [-0.2, 0) is 10.0 Å². The van der Waals surface area contributed by atoms with Gasteiger partial charge >= 0.3 is 0 Å². The van der Waals surface area contributed by atoms with Crippen LogP contribution >= 0.6 is 12.2 Å². The van der Waals surface area contributed by atoms with E-state index in [-0.39, 0.29) is 27.6 Å². The average Bonchev–Trinajstić information content (AvgIpc) is 2.36.